The lowest BCUT2D eigenvalue weighted by Gasteiger charge is -2.21. The normalized spacial score (nSPS) is 11.5. The first-order valence-electron chi connectivity index (χ1n) is 5.07. The molecule has 17 heavy (non-hydrogen) atoms. The molecule has 0 saturated heterocycles. The van der Waals surface area contributed by atoms with E-state index in [0.717, 1.165) is 0 Å². The summed E-state index contributed by atoms with van der Waals surface area (Å²) in [6.45, 7) is -0.833. The van der Waals surface area contributed by atoms with Crippen molar-refractivity contribution >= 4 is 0 Å². The van der Waals surface area contributed by atoms with Crippen molar-refractivity contribution in [2.24, 2.45) is 0 Å². The maximum atomic E-state index is 12.3. The number of nitriles is 1. The average Bonchev–Trinajstić information content (AvgIpc) is 2.25. The molecule has 92 valence electrons. The lowest BCUT2D eigenvalue weighted by molar-refractivity contribution is -0.147. The van der Waals surface area contributed by atoms with Gasteiger partial charge in [-0.2, -0.15) is 18.4 Å². The predicted octanol–water partition coefficient (Wildman–Crippen LogP) is 2.36. The lowest BCUT2D eigenvalue weighted by Crippen LogP contribution is -2.34. The van der Waals surface area contributed by atoms with Gasteiger partial charge in [0.15, 0.2) is 0 Å². The predicted molar refractivity (Wildman–Crippen MR) is 55.8 cm³/mol. The molecule has 1 rings (SSSR count). The quantitative estimate of drug-likeness (QED) is 0.797. The van der Waals surface area contributed by atoms with Crippen LogP contribution in [-0.4, -0.2) is 29.1 Å². The molecule has 0 atom stereocenters. The van der Waals surface area contributed by atoms with E-state index in [1.165, 1.54) is 11.1 Å². The van der Waals surface area contributed by atoms with Crippen LogP contribution in [0.3, 0.4) is 0 Å². The van der Waals surface area contributed by atoms with Gasteiger partial charge in [0.05, 0.1) is 18.3 Å². The van der Waals surface area contributed by atoms with Gasteiger partial charge >= 0.3 is 6.18 Å². The van der Waals surface area contributed by atoms with E-state index in [0.29, 0.717) is 5.69 Å². The van der Waals surface area contributed by atoms with E-state index >= 15 is 0 Å². The van der Waals surface area contributed by atoms with Crippen LogP contribution >= 0.6 is 0 Å². The van der Waals surface area contributed by atoms with Crippen LogP contribution in [0.15, 0.2) is 24.4 Å². The van der Waals surface area contributed by atoms with Crippen molar-refractivity contribution in [3.63, 3.8) is 0 Å². The van der Waals surface area contributed by atoms with Gasteiger partial charge in [0, 0.05) is 25.7 Å². The molecule has 0 aromatic carbocycles. The molecular formula is C11H12F3N3. The van der Waals surface area contributed by atoms with E-state index in [1.54, 1.807) is 18.2 Å². The van der Waals surface area contributed by atoms with Gasteiger partial charge in [0.25, 0.3) is 0 Å². The molecule has 0 aliphatic rings. The highest BCUT2D eigenvalue weighted by Crippen LogP contribution is 2.17. The average molecular weight is 243 g/mol. The van der Waals surface area contributed by atoms with Crippen molar-refractivity contribution in [3.05, 3.63) is 30.1 Å². The first-order valence-corrected chi connectivity index (χ1v) is 5.07. The minimum atomic E-state index is -4.26. The summed E-state index contributed by atoms with van der Waals surface area (Å²) in [5, 5.41) is 8.41. The number of pyridine rings is 1. The second-order valence-electron chi connectivity index (χ2n) is 3.56. The molecule has 0 aliphatic carbocycles. The number of hydrogen-bond donors (Lipinski definition) is 0. The first kappa shape index (κ1) is 13.5. The Labute approximate surface area is 97.5 Å². The van der Waals surface area contributed by atoms with E-state index in [9.17, 15) is 13.2 Å². The van der Waals surface area contributed by atoms with E-state index in [-0.39, 0.29) is 19.5 Å². The molecule has 0 bridgehead atoms. The highest BCUT2D eigenvalue weighted by molar-refractivity contribution is 5.03. The van der Waals surface area contributed by atoms with Crippen molar-refractivity contribution in [1.82, 2.24) is 9.88 Å². The van der Waals surface area contributed by atoms with E-state index in [1.807, 2.05) is 6.07 Å². The SMILES string of the molecule is N#CCCN(Cc1ccccn1)CC(F)(F)F. The third-order valence-corrected chi connectivity index (χ3v) is 2.05. The Morgan fingerprint density at radius 3 is 2.65 bits per heavy atom. The number of halogens is 3. The highest BCUT2D eigenvalue weighted by atomic mass is 19.4. The molecule has 0 saturated carbocycles. The summed E-state index contributed by atoms with van der Waals surface area (Å²) in [5.74, 6) is 0. The summed E-state index contributed by atoms with van der Waals surface area (Å²) in [6, 6.07) is 6.92. The summed E-state index contributed by atoms with van der Waals surface area (Å²) in [5.41, 5.74) is 0.565. The molecule has 0 spiro atoms. The molecule has 0 fully saturated rings. The molecule has 1 heterocycles. The van der Waals surface area contributed by atoms with Crippen LogP contribution in [0.5, 0.6) is 0 Å². The Hall–Kier alpha value is -1.61. The molecule has 6 heteroatoms. The maximum absolute atomic E-state index is 12.3. The molecule has 0 amide bonds. The van der Waals surface area contributed by atoms with Crippen molar-refractivity contribution in [2.75, 3.05) is 13.1 Å². The van der Waals surface area contributed by atoms with E-state index in [2.05, 4.69) is 4.98 Å². The summed E-state index contributed by atoms with van der Waals surface area (Å²) < 4.78 is 36.9. The van der Waals surface area contributed by atoms with Gasteiger partial charge in [-0.05, 0) is 12.1 Å². The van der Waals surface area contributed by atoms with Crippen molar-refractivity contribution in [1.29, 1.82) is 5.26 Å². The fraction of sp³-hybridized carbons (Fsp3) is 0.455. The van der Waals surface area contributed by atoms with Crippen molar-refractivity contribution in [3.8, 4) is 6.07 Å². The molecule has 1 aromatic rings. The lowest BCUT2D eigenvalue weighted by atomic mass is 10.3. The summed E-state index contributed by atoms with van der Waals surface area (Å²) in [7, 11) is 0. The fourth-order valence-corrected chi connectivity index (χ4v) is 1.40. The van der Waals surface area contributed by atoms with Gasteiger partial charge in [-0.25, -0.2) is 0 Å². The van der Waals surface area contributed by atoms with E-state index < -0.39 is 12.7 Å². The summed E-state index contributed by atoms with van der Waals surface area (Å²) in [4.78, 5) is 5.14. The first-order chi connectivity index (χ1) is 8.01. The van der Waals surface area contributed by atoms with Crippen LogP contribution in [0, 0.1) is 11.3 Å². The number of hydrogen-bond acceptors (Lipinski definition) is 3. The zero-order chi connectivity index (χ0) is 12.7. The summed E-state index contributed by atoms with van der Waals surface area (Å²) in [6.07, 6.45) is -2.65. The largest absolute Gasteiger partial charge is 0.401 e. The van der Waals surface area contributed by atoms with Gasteiger partial charge in [-0.15, -0.1) is 0 Å². The molecule has 0 aliphatic heterocycles. The van der Waals surface area contributed by atoms with Crippen molar-refractivity contribution in [2.45, 2.75) is 19.1 Å². The second kappa shape index (κ2) is 6.21. The number of rotatable bonds is 5. The van der Waals surface area contributed by atoms with Gasteiger partial charge < -0.3 is 0 Å². The Morgan fingerprint density at radius 2 is 2.12 bits per heavy atom. The van der Waals surface area contributed by atoms with Crippen LogP contribution in [0.2, 0.25) is 0 Å². The molecular weight excluding hydrogens is 231 g/mol. The van der Waals surface area contributed by atoms with Crippen LogP contribution in [0.25, 0.3) is 0 Å². The minimum absolute atomic E-state index is 0.0723. The molecule has 0 radical (unpaired) electrons. The monoisotopic (exact) mass is 243 g/mol. The van der Waals surface area contributed by atoms with Gasteiger partial charge in [0.2, 0.25) is 0 Å². The number of alkyl halides is 3. The smallest absolute Gasteiger partial charge is 0.288 e. The van der Waals surface area contributed by atoms with Crippen LogP contribution in [0.4, 0.5) is 13.2 Å². The topological polar surface area (TPSA) is 39.9 Å². The van der Waals surface area contributed by atoms with Crippen LogP contribution in [0.1, 0.15) is 12.1 Å². The molecule has 0 unspecified atom stereocenters. The Bertz CT molecular complexity index is 370. The second-order valence-corrected chi connectivity index (χ2v) is 3.56. The summed E-state index contributed by atoms with van der Waals surface area (Å²) >= 11 is 0. The minimum Gasteiger partial charge on any atom is -0.288 e. The Kier molecular flexibility index (Phi) is 4.91. The zero-order valence-electron chi connectivity index (χ0n) is 9.11. The van der Waals surface area contributed by atoms with E-state index in [4.69, 9.17) is 5.26 Å². The molecule has 1 aromatic heterocycles. The van der Waals surface area contributed by atoms with Gasteiger partial charge in [-0.3, -0.25) is 9.88 Å². The molecule has 0 N–H and O–H groups in total. The maximum Gasteiger partial charge on any atom is 0.401 e. The van der Waals surface area contributed by atoms with Crippen LogP contribution < -0.4 is 0 Å². The Morgan fingerprint density at radius 1 is 1.35 bits per heavy atom. The standard InChI is InChI=1S/C11H12F3N3/c12-11(13,14)9-17(7-3-5-15)8-10-4-1-2-6-16-10/h1-2,4,6H,3,7-9H2. The third-order valence-electron chi connectivity index (χ3n) is 2.05. The molecule has 3 nitrogen and oxygen atoms in total. The highest BCUT2D eigenvalue weighted by Gasteiger charge is 2.30. The van der Waals surface area contributed by atoms with Gasteiger partial charge in [0.1, 0.15) is 0 Å². The van der Waals surface area contributed by atoms with Crippen LogP contribution in [-0.2, 0) is 6.54 Å². The number of nitrogens with zero attached hydrogens (tertiary/aromatic N) is 3. The van der Waals surface area contributed by atoms with Gasteiger partial charge in [-0.1, -0.05) is 6.07 Å². The van der Waals surface area contributed by atoms with Crippen molar-refractivity contribution < 1.29 is 13.2 Å². The number of aromatic nitrogens is 1. The fourth-order valence-electron chi connectivity index (χ4n) is 1.40. The zero-order valence-corrected chi connectivity index (χ0v) is 9.11. The Balaban J connectivity index is 2.61. The third kappa shape index (κ3) is 5.88.